The van der Waals surface area contributed by atoms with Crippen molar-refractivity contribution in [2.45, 2.75) is 6.42 Å². The average Bonchev–Trinajstić information content (AvgIpc) is 2.40. The van der Waals surface area contributed by atoms with Crippen LogP contribution in [0.4, 0.5) is 4.39 Å². The summed E-state index contributed by atoms with van der Waals surface area (Å²) < 4.78 is 12.6. The van der Waals surface area contributed by atoms with Crippen LogP contribution in [-0.4, -0.2) is 22.4 Å². The molecular formula is C13H12FN3O. The van der Waals surface area contributed by atoms with Gasteiger partial charge < -0.3 is 5.32 Å². The Labute approximate surface area is 104 Å². The summed E-state index contributed by atoms with van der Waals surface area (Å²) in [4.78, 5) is 19.1. The van der Waals surface area contributed by atoms with Crippen LogP contribution in [0.5, 0.6) is 0 Å². The largest absolute Gasteiger partial charge is 0.352 e. The van der Waals surface area contributed by atoms with Crippen molar-refractivity contribution in [3.63, 3.8) is 0 Å². The number of carbonyl (C=O) groups excluding carboxylic acids is 1. The number of rotatable bonds is 4. The van der Waals surface area contributed by atoms with Gasteiger partial charge in [0.05, 0.1) is 5.56 Å². The maximum atomic E-state index is 12.6. The van der Waals surface area contributed by atoms with Crippen molar-refractivity contribution in [2.24, 2.45) is 0 Å². The third-order valence-electron chi connectivity index (χ3n) is 2.41. The molecular weight excluding hydrogens is 233 g/mol. The van der Waals surface area contributed by atoms with E-state index in [-0.39, 0.29) is 5.91 Å². The highest BCUT2D eigenvalue weighted by atomic mass is 19.1. The lowest BCUT2D eigenvalue weighted by molar-refractivity contribution is 0.0953. The molecule has 0 aliphatic rings. The van der Waals surface area contributed by atoms with E-state index in [1.807, 2.05) is 12.1 Å². The summed E-state index contributed by atoms with van der Waals surface area (Å²) in [5, 5.41) is 2.74. The van der Waals surface area contributed by atoms with E-state index in [4.69, 9.17) is 0 Å². The van der Waals surface area contributed by atoms with Crippen molar-refractivity contribution >= 4 is 5.91 Å². The molecule has 1 N–H and O–H groups in total. The Morgan fingerprint density at radius 2 is 2.17 bits per heavy atom. The van der Waals surface area contributed by atoms with Crippen LogP contribution >= 0.6 is 0 Å². The molecule has 2 heterocycles. The third kappa shape index (κ3) is 3.35. The molecule has 5 heteroatoms. The van der Waals surface area contributed by atoms with Gasteiger partial charge in [0.2, 0.25) is 5.95 Å². The van der Waals surface area contributed by atoms with Gasteiger partial charge in [-0.25, -0.2) is 4.98 Å². The van der Waals surface area contributed by atoms with Gasteiger partial charge in [-0.1, -0.05) is 6.07 Å². The normalized spacial score (nSPS) is 10.1. The number of nitrogens with zero attached hydrogens (tertiary/aromatic N) is 2. The van der Waals surface area contributed by atoms with Gasteiger partial charge in [0.1, 0.15) is 0 Å². The van der Waals surface area contributed by atoms with E-state index in [9.17, 15) is 9.18 Å². The number of hydrogen-bond donors (Lipinski definition) is 1. The second-order valence-electron chi connectivity index (χ2n) is 3.74. The molecule has 2 aromatic heterocycles. The fourth-order valence-corrected chi connectivity index (χ4v) is 1.48. The number of halogens is 1. The van der Waals surface area contributed by atoms with E-state index >= 15 is 0 Å². The van der Waals surface area contributed by atoms with E-state index in [0.717, 1.165) is 11.6 Å². The number of pyridine rings is 2. The zero-order chi connectivity index (χ0) is 12.8. The van der Waals surface area contributed by atoms with Crippen molar-refractivity contribution in [3.05, 3.63) is 59.9 Å². The molecule has 1 amide bonds. The Morgan fingerprint density at radius 1 is 1.28 bits per heavy atom. The minimum atomic E-state index is -0.595. The van der Waals surface area contributed by atoms with Gasteiger partial charge >= 0.3 is 0 Å². The fourth-order valence-electron chi connectivity index (χ4n) is 1.48. The Morgan fingerprint density at radius 3 is 2.83 bits per heavy atom. The van der Waals surface area contributed by atoms with Gasteiger partial charge in [-0.3, -0.25) is 9.78 Å². The van der Waals surface area contributed by atoms with Gasteiger partial charge in [0.25, 0.3) is 5.91 Å². The average molecular weight is 245 g/mol. The first-order valence-corrected chi connectivity index (χ1v) is 5.54. The van der Waals surface area contributed by atoms with Crippen molar-refractivity contribution in [1.29, 1.82) is 0 Å². The topological polar surface area (TPSA) is 54.9 Å². The monoisotopic (exact) mass is 245 g/mol. The molecule has 0 fully saturated rings. The number of amides is 1. The van der Waals surface area contributed by atoms with Crippen LogP contribution in [0.15, 0.2) is 42.9 Å². The molecule has 0 aromatic carbocycles. The zero-order valence-corrected chi connectivity index (χ0v) is 9.64. The van der Waals surface area contributed by atoms with Crippen molar-refractivity contribution < 1.29 is 9.18 Å². The first-order chi connectivity index (χ1) is 8.75. The van der Waals surface area contributed by atoms with Crippen LogP contribution in [0.3, 0.4) is 0 Å². The summed E-state index contributed by atoms with van der Waals surface area (Å²) in [6.07, 6.45) is 5.38. The summed E-state index contributed by atoms with van der Waals surface area (Å²) >= 11 is 0. The summed E-state index contributed by atoms with van der Waals surface area (Å²) in [5.74, 6) is -0.853. The van der Waals surface area contributed by atoms with Crippen LogP contribution in [0.25, 0.3) is 0 Å². The smallest absolute Gasteiger partial charge is 0.252 e. The fraction of sp³-hybridized carbons (Fsp3) is 0.154. The SMILES string of the molecule is O=C(NCCc1cccnc1)c1ccc(F)nc1. The molecule has 0 aliphatic heterocycles. The van der Waals surface area contributed by atoms with Crippen molar-refractivity contribution in [1.82, 2.24) is 15.3 Å². The van der Waals surface area contributed by atoms with E-state index in [2.05, 4.69) is 15.3 Å². The highest BCUT2D eigenvalue weighted by Gasteiger charge is 2.05. The van der Waals surface area contributed by atoms with Crippen LogP contribution < -0.4 is 5.32 Å². The van der Waals surface area contributed by atoms with Gasteiger partial charge in [0, 0.05) is 25.1 Å². The Kier molecular flexibility index (Phi) is 3.96. The molecule has 0 radical (unpaired) electrons. The van der Waals surface area contributed by atoms with Gasteiger partial charge in [-0.15, -0.1) is 0 Å². The van der Waals surface area contributed by atoms with Crippen molar-refractivity contribution in [2.75, 3.05) is 6.54 Å². The molecule has 0 unspecified atom stereocenters. The van der Waals surface area contributed by atoms with Crippen molar-refractivity contribution in [3.8, 4) is 0 Å². The summed E-state index contributed by atoms with van der Waals surface area (Å²) in [6, 6.07) is 6.36. The molecule has 18 heavy (non-hydrogen) atoms. The van der Waals surface area contributed by atoms with Gasteiger partial charge in [0.15, 0.2) is 0 Å². The van der Waals surface area contributed by atoms with Crippen LogP contribution in [-0.2, 0) is 6.42 Å². The summed E-state index contributed by atoms with van der Waals surface area (Å²) in [7, 11) is 0. The first-order valence-electron chi connectivity index (χ1n) is 5.54. The number of nitrogens with one attached hydrogen (secondary N) is 1. The predicted molar refractivity (Wildman–Crippen MR) is 64.5 cm³/mol. The quantitative estimate of drug-likeness (QED) is 0.832. The summed E-state index contributed by atoms with van der Waals surface area (Å²) in [5.41, 5.74) is 1.40. The molecule has 0 aliphatic carbocycles. The maximum Gasteiger partial charge on any atom is 0.252 e. The van der Waals surface area contributed by atoms with Gasteiger partial charge in [-0.2, -0.15) is 4.39 Å². The van der Waals surface area contributed by atoms with E-state index < -0.39 is 5.95 Å². The van der Waals surface area contributed by atoms with E-state index in [0.29, 0.717) is 18.5 Å². The second kappa shape index (κ2) is 5.86. The Bertz CT molecular complexity index is 514. The highest BCUT2D eigenvalue weighted by molar-refractivity contribution is 5.93. The highest BCUT2D eigenvalue weighted by Crippen LogP contribution is 1.99. The van der Waals surface area contributed by atoms with E-state index in [1.165, 1.54) is 12.3 Å². The first kappa shape index (κ1) is 12.2. The molecule has 4 nitrogen and oxygen atoms in total. The number of carbonyl (C=O) groups is 1. The minimum Gasteiger partial charge on any atom is -0.352 e. The maximum absolute atomic E-state index is 12.6. The van der Waals surface area contributed by atoms with E-state index in [1.54, 1.807) is 12.4 Å². The van der Waals surface area contributed by atoms with Crippen LogP contribution in [0, 0.1) is 5.95 Å². The second-order valence-corrected chi connectivity index (χ2v) is 3.74. The molecule has 92 valence electrons. The molecule has 0 saturated carbocycles. The minimum absolute atomic E-state index is 0.258. The molecule has 2 aromatic rings. The molecule has 2 rings (SSSR count). The molecule has 0 atom stereocenters. The lowest BCUT2D eigenvalue weighted by atomic mass is 10.2. The Hall–Kier alpha value is -2.30. The van der Waals surface area contributed by atoms with Crippen LogP contribution in [0.2, 0.25) is 0 Å². The number of hydrogen-bond acceptors (Lipinski definition) is 3. The Balaban J connectivity index is 1.84. The van der Waals surface area contributed by atoms with Crippen LogP contribution in [0.1, 0.15) is 15.9 Å². The molecule has 0 spiro atoms. The zero-order valence-electron chi connectivity index (χ0n) is 9.64. The standard InChI is InChI=1S/C13H12FN3O/c14-12-4-3-11(9-17-12)13(18)16-7-5-10-2-1-6-15-8-10/h1-4,6,8-9H,5,7H2,(H,16,18). The predicted octanol–water partition coefficient (Wildman–Crippen LogP) is 1.59. The summed E-state index contributed by atoms with van der Waals surface area (Å²) in [6.45, 7) is 0.502. The molecule has 0 bridgehead atoms. The number of aromatic nitrogens is 2. The third-order valence-corrected chi connectivity index (χ3v) is 2.41. The van der Waals surface area contributed by atoms with Gasteiger partial charge in [-0.05, 0) is 30.2 Å². The lowest BCUT2D eigenvalue weighted by Gasteiger charge is -2.04. The lowest BCUT2D eigenvalue weighted by Crippen LogP contribution is -2.25. The molecule has 0 saturated heterocycles.